The van der Waals surface area contributed by atoms with Gasteiger partial charge in [-0.2, -0.15) is 0 Å². The normalized spacial score (nSPS) is 11.7. The molecule has 1 aromatic carbocycles. The minimum atomic E-state index is -0.187. The Kier molecular flexibility index (Phi) is 5.57. The zero-order valence-electron chi connectivity index (χ0n) is 12.1. The van der Waals surface area contributed by atoms with Gasteiger partial charge in [-0.25, -0.2) is 9.78 Å². The first-order valence-electron chi connectivity index (χ1n) is 6.76. The number of amides is 2. The monoisotopic (exact) mass is 305 g/mol. The molecule has 5 nitrogen and oxygen atoms in total. The molecule has 0 unspecified atom stereocenters. The maximum atomic E-state index is 11.8. The number of benzene rings is 1. The van der Waals surface area contributed by atoms with E-state index in [9.17, 15) is 4.79 Å². The van der Waals surface area contributed by atoms with E-state index in [1.54, 1.807) is 13.3 Å². The van der Waals surface area contributed by atoms with E-state index in [4.69, 9.17) is 4.74 Å². The fraction of sp³-hybridized carbons (Fsp3) is 0.333. The Morgan fingerprint density at radius 3 is 2.95 bits per heavy atom. The van der Waals surface area contributed by atoms with E-state index in [0.717, 1.165) is 22.7 Å². The van der Waals surface area contributed by atoms with Crippen LogP contribution in [0.1, 0.15) is 23.5 Å². The van der Waals surface area contributed by atoms with Gasteiger partial charge in [-0.05, 0) is 25.0 Å². The summed E-state index contributed by atoms with van der Waals surface area (Å²) in [5.74, 6) is 0.843. The van der Waals surface area contributed by atoms with Gasteiger partial charge in [-0.3, -0.25) is 0 Å². The summed E-state index contributed by atoms with van der Waals surface area (Å²) in [4.78, 5) is 16.0. The van der Waals surface area contributed by atoms with Gasteiger partial charge in [-0.15, -0.1) is 11.3 Å². The van der Waals surface area contributed by atoms with Gasteiger partial charge in [0.1, 0.15) is 10.8 Å². The standard InChI is InChI=1S/C15H19N3O2S/c1-11(14-16-9-10-21-14)18-15(19)17-8-7-12-5-3-4-6-13(12)20-2/h3-6,9-11H,7-8H2,1-2H3,(H2,17,18,19)/t11-/m0/s1. The molecule has 1 aromatic heterocycles. The van der Waals surface area contributed by atoms with E-state index in [2.05, 4.69) is 15.6 Å². The van der Waals surface area contributed by atoms with Crippen molar-refractivity contribution in [1.29, 1.82) is 0 Å². The molecule has 2 rings (SSSR count). The summed E-state index contributed by atoms with van der Waals surface area (Å²) in [5.41, 5.74) is 1.08. The zero-order valence-corrected chi connectivity index (χ0v) is 12.9. The van der Waals surface area contributed by atoms with Crippen molar-refractivity contribution in [3.8, 4) is 5.75 Å². The van der Waals surface area contributed by atoms with Gasteiger partial charge in [0.15, 0.2) is 0 Å². The lowest BCUT2D eigenvalue weighted by atomic mass is 10.1. The van der Waals surface area contributed by atoms with Crippen LogP contribution in [0.25, 0.3) is 0 Å². The Balaban J connectivity index is 1.77. The van der Waals surface area contributed by atoms with E-state index < -0.39 is 0 Å². The van der Waals surface area contributed by atoms with E-state index in [1.165, 1.54) is 11.3 Å². The number of aromatic nitrogens is 1. The molecule has 0 aliphatic rings. The Hall–Kier alpha value is -2.08. The topological polar surface area (TPSA) is 63.2 Å². The first-order chi connectivity index (χ1) is 10.2. The molecule has 0 radical (unpaired) electrons. The number of nitrogens with zero attached hydrogens (tertiary/aromatic N) is 1. The lowest BCUT2D eigenvalue weighted by Gasteiger charge is -2.13. The smallest absolute Gasteiger partial charge is 0.315 e. The van der Waals surface area contributed by atoms with Crippen LogP contribution < -0.4 is 15.4 Å². The predicted molar refractivity (Wildman–Crippen MR) is 83.8 cm³/mol. The largest absolute Gasteiger partial charge is 0.496 e. The van der Waals surface area contributed by atoms with Crippen LogP contribution in [0.5, 0.6) is 5.75 Å². The number of rotatable bonds is 6. The Morgan fingerprint density at radius 1 is 1.43 bits per heavy atom. The highest BCUT2D eigenvalue weighted by molar-refractivity contribution is 7.09. The number of urea groups is 1. The first kappa shape index (κ1) is 15.3. The Labute approximate surface area is 128 Å². The molecule has 0 spiro atoms. The van der Waals surface area contributed by atoms with Crippen LogP contribution in [0.2, 0.25) is 0 Å². The molecular formula is C15H19N3O2S. The third kappa shape index (κ3) is 4.46. The number of carbonyl (C=O) groups is 1. The summed E-state index contributed by atoms with van der Waals surface area (Å²) >= 11 is 1.53. The van der Waals surface area contributed by atoms with Gasteiger partial charge < -0.3 is 15.4 Å². The van der Waals surface area contributed by atoms with Crippen molar-refractivity contribution in [3.63, 3.8) is 0 Å². The summed E-state index contributed by atoms with van der Waals surface area (Å²) in [7, 11) is 1.65. The maximum Gasteiger partial charge on any atom is 0.315 e. The summed E-state index contributed by atoms with van der Waals surface area (Å²) in [6.45, 7) is 2.47. The molecule has 0 fully saturated rings. The summed E-state index contributed by atoms with van der Waals surface area (Å²) in [6.07, 6.45) is 2.46. The van der Waals surface area contributed by atoms with Gasteiger partial charge in [0.05, 0.1) is 13.2 Å². The highest BCUT2D eigenvalue weighted by Gasteiger charge is 2.11. The second kappa shape index (κ2) is 7.64. The van der Waals surface area contributed by atoms with E-state index in [1.807, 2.05) is 36.6 Å². The molecule has 2 aromatic rings. The van der Waals surface area contributed by atoms with Crippen molar-refractivity contribution in [3.05, 3.63) is 46.4 Å². The zero-order chi connectivity index (χ0) is 15.1. The average molecular weight is 305 g/mol. The molecule has 1 heterocycles. The molecule has 0 aliphatic heterocycles. The lowest BCUT2D eigenvalue weighted by molar-refractivity contribution is 0.238. The number of hydrogen-bond acceptors (Lipinski definition) is 4. The van der Waals surface area contributed by atoms with Crippen LogP contribution in [0.15, 0.2) is 35.8 Å². The summed E-state index contributed by atoms with van der Waals surface area (Å²) in [6, 6.07) is 7.53. The quantitative estimate of drug-likeness (QED) is 0.862. The molecule has 112 valence electrons. The van der Waals surface area contributed by atoms with Gasteiger partial charge in [0, 0.05) is 18.1 Å². The van der Waals surface area contributed by atoms with Crippen molar-refractivity contribution in [1.82, 2.24) is 15.6 Å². The molecule has 6 heteroatoms. The molecule has 0 bridgehead atoms. The van der Waals surface area contributed by atoms with Crippen LogP contribution >= 0.6 is 11.3 Å². The third-order valence-corrected chi connectivity index (χ3v) is 4.00. The molecule has 0 saturated heterocycles. The van der Waals surface area contributed by atoms with Gasteiger partial charge in [0.25, 0.3) is 0 Å². The van der Waals surface area contributed by atoms with Crippen molar-refractivity contribution in [2.75, 3.05) is 13.7 Å². The number of thiazole rings is 1. The van der Waals surface area contributed by atoms with Gasteiger partial charge >= 0.3 is 6.03 Å². The minimum Gasteiger partial charge on any atom is -0.496 e. The van der Waals surface area contributed by atoms with Crippen LogP contribution in [0.3, 0.4) is 0 Å². The second-order valence-electron chi connectivity index (χ2n) is 4.55. The minimum absolute atomic E-state index is 0.0868. The van der Waals surface area contributed by atoms with Crippen LogP contribution in [0.4, 0.5) is 4.79 Å². The molecular weight excluding hydrogens is 286 g/mol. The van der Waals surface area contributed by atoms with E-state index in [0.29, 0.717) is 6.54 Å². The molecule has 0 saturated carbocycles. The molecule has 2 amide bonds. The Morgan fingerprint density at radius 2 is 2.24 bits per heavy atom. The van der Waals surface area contributed by atoms with Crippen LogP contribution in [-0.2, 0) is 6.42 Å². The highest BCUT2D eigenvalue weighted by atomic mass is 32.1. The third-order valence-electron chi connectivity index (χ3n) is 3.04. The van der Waals surface area contributed by atoms with Crippen molar-refractivity contribution in [2.45, 2.75) is 19.4 Å². The Bertz CT molecular complexity index is 572. The number of methoxy groups -OCH3 is 1. The average Bonchev–Trinajstić information content (AvgIpc) is 3.02. The fourth-order valence-electron chi connectivity index (χ4n) is 1.98. The van der Waals surface area contributed by atoms with Gasteiger partial charge in [0.2, 0.25) is 0 Å². The number of carbonyl (C=O) groups excluding carboxylic acids is 1. The SMILES string of the molecule is COc1ccccc1CCNC(=O)N[C@@H](C)c1nccs1. The molecule has 21 heavy (non-hydrogen) atoms. The first-order valence-corrected chi connectivity index (χ1v) is 7.64. The van der Waals surface area contributed by atoms with Crippen molar-refractivity contribution in [2.24, 2.45) is 0 Å². The fourth-order valence-corrected chi connectivity index (χ4v) is 2.62. The van der Waals surface area contributed by atoms with E-state index in [-0.39, 0.29) is 12.1 Å². The number of para-hydroxylation sites is 1. The second-order valence-corrected chi connectivity index (χ2v) is 5.48. The van der Waals surface area contributed by atoms with E-state index >= 15 is 0 Å². The molecule has 0 aliphatic carbocycles. The summed E-state index contributed by atoms with van der Waals surface area (Å²) in [5, 5.41) is 8.50. The van der Waals surface area contributed by atoms with Crippen LogP contribution in [-0.4, -0.2) is 24.7 Å². The van der Waals surface area contributed by atoms with Crippen molar-refractivity contribution >= 4 is 17.4 Å². The number of nitrogens with one attached hydrogen (secondary N) is 2. The van der Waals surface area contributed by atoms with Gasteiger partial charge in [-0.1, -0.05) is 18.2 Å². The highest BCUT2D eigenvalue weighted by Crippen LogP contribution is 2.17. The molecule has 1 atom stereocenters. The molecule has 2 N–H and O–H groups in total. The predicted octanol–water partition coefficient (Wildman–Crippen LogP) is 2.75. The maximum absolute atomic E-state index is 11.8. The van der Waals surface area contributed by atoms with Crippen molar-refractivity contribution < 1.29 is 9.53 Å². The number of ether oxygens (including phenoxy) is 1. The summed E-state index contributed by atoms with van der Waals surface area (Å²) < 4.78 is 5.28. The van der Waals surface area contributed by atoms with Crippen LogP contribution in [0, 0.1) is 0 Å². The number of hydrogen-bond donors (Lipinski definition) is 2. The lowest BCUT2D eigenvalue weighted by Crippen LogP contribution is -2.38.